The van der Waals surface area contributed by atoms with Gasteiger partial charge in [0, 0.05) is 18.8 Å². The van der Waals surface area contributed by atoms with Gasteiger partial charge in [0.25, 0.3) is 5.91 Å². The van der Waals surface area contributed by atoms with Crippen LogP contribution in [0.3, 0.4) is 0 Å². The van der Waals surface area contributed by atoms with Gasteiger partial charge in [-0.05, 0) is 18.2 Å². The van der Waals surface area contributed by atoms with Crippen LogP contribution < -0.4 is 5.73 Å². The lowest BCUT2D eigenvalue weighted by molar-refractivity contribution is -0.0447. The summed E-state index contributed by atoms with van der Waals surface area (Å²) in [4.78, 5) is 13.9. The summed E-state index contributed by atoms with van der Waals surface area (Å²) in [6.45, 7) is 1.19. The second-order valence-electron chi connectivity index (χ2n) is 4.17. The van der Waals surface area contributed by atoms with Crippen LogP contribution in [0.1, 0.15) is 10.4 Å². The van der Waals surface area contributed by atoms with Crippen molar-refractivity contribution >= 4 is 23.2 Å². The number of hydrogen-bond acceptors (Lipinski definition) is 4. The van der Waals surface area contributed by atoms with Gasteiger partial charge in [0.15, 0.2) is 0 Å². The first kappa shape index (κ1) is 13.1. The molecule has 2 rings (SSSR count). The minimum absolute atomic E-state index is 0.0980. The molecule has 1 aromatic rings. The van der Waals surface area contributed by atoms with Gasteiger partial charge in [0.2, 0.25) is 0 Å². The number of carbonyl (C=O) groups excluding carboxylic acids is 1. The lowest BCUT2D eigenvalue weighted by atomic mass is 10.1. The third-order valence-corrected chi connectivity index (χ3v) is 3.17. The van der Waals surface area contributed by atoms with E-state index in [9.17, 15) is 4.79 Å². The van der Waals surface area contributed by atoms with Crippen molar-refractivity contribution in [2.75, 3.05) is 32.0 Å². The summed E-state index contributed by atoms with van der Waals surface area (Å²) in [5, 5.41) is 9.39. The Labute approximate surface area is 110 Å². The number of aliphatic hydroxyl groups excluding tert-OH is 1. The number of rotatable bonds is 2. The molecular weight excluding hydrogens is 256 g/mol. The molecule has 1 aromatic carbocycles. The molecule has 1 aliphatic rings. The highest BCUT2D eigenvalue weighted by molar-refractivity contribution is 6.34. The molecule has 0 aliphatic carbocycles. The van der Waals surface area contributed by atoms with Crippen LogP contribution in [0.25, 0.3) is 0 Å². The van der Waals surface area contributed by atoms with Gasteiger partial charge in [-0.3, -0.25) is 4.79 Å². The number of aliphatic hydroxyl groups is 1. The fourth-order valence-corrected chi connectivity index (χ4v) is 2.16. The van der Waals surface area contributed by atoms with Crippen molar-refractivity contribution in [3.05, 3.63) is 28.8 Å². The van der Waals surface area contributed by atoms with Gasteiger partial charge in [0.1, 0.15) is 0 Å². The Morgan fingerprint density at radius 2 is 2.39 bits per heavy atom. The van der Waals surface area contributed by atoms with Crippen molar-refractivity contribution < 1.29 is 14.6 Å². The van der Waals surface area contributed by atoms with Crippen molar-refractivity contribution in [2.24, 2.45) is 0 Å². The summed E-state index contributed by atoms with van der Waals surface area (Å²) < 4.78 is 5.30. The van der Waals surface area contributed by atoms with Gasteiger partial charge in [-0.25, -0.2) is 0 Å². The lowest BCUT2D eigenvalue weighted by Crippen LogP contribution is -2.46. The summed E-state index contributed by atoms with van der Waals surface area (Å²) in [5.41, 5.74) is 6.53. The van der Waals surface area contributed by atoms with E-state index in [2.05, 4.69) is 0 Å². The molecule has 1 unspecified atom stereocenters. The standard InChI is InChI=1S/C12H15ClN2O3/c13-11-5-8(14)1-2-10(11)12(17)15-3-4-18-9(6-15)7-16/h1-2,5,9,16H,3-4,6-7,14H2. The first-order chi connectivity index (χ1) is 8.61. The molecular formula is C12H15ClN2O3. The minimum Gasteiger partial charge on any atom is -0.399 e. The van der Waals surface area contributed by atoms with E-state index in [-0.39, 0.29) is 18.6 Å². The molecule has 1 heterocycles. The monoisotopic (exact) mass is 270 g/mol. The summed E-state index contributed by atoms with van der Waals surface area (Å²) in [5.74, 6) is -0.165. The lowest BCUT2D eigenvalue weighted by Gasteiger charge is -2.32. The maximum absolute atomic E-state index is 12.3. The highest BCUT2D eigenvalue weighted by Crippen LogP contribution is 2.21. The molecule has 6 heteroatoms. The van der Waals surface area contributed by atoms with Crippen LogP contribution >= 0.6 is 11.6 Å². The van der Waals surface area contributed by atoms with Crippen LogP contribution in [-0.2, 0) is 4.74 Å². The Morgan fingerprint density at radius 1 is 1.61 bits per heavy atom. The molecule has 1 aliphatic heterocycles. The molecule has 0 aromatic heterocycles. The molecule has 0 radical (unpaired) electrons. The van der Waals surface area contributed by atoms with Gasteiger partial charge in [-0.1, -0.05) is 11.6 Å². The first-order valence-electron chi connectivity index (χ1n) is 5.68. The molecule has 3 N–H and O–H groups in total. The van der Waals surface area contributed by atoms with Crippen LogP contribution in [0.2, 0.25) is 5.02 Å². The second kappa shape index (κ2) is 5.56. The summed E-state index contributed by atoms with van der Waals surface area (Å²) in [6, 6.07) is 4.81. The number of ether oxygens (including phenoxy) is 1. The molecule has 0 spiro atoms. The van der Waals surface area contributed by atoms with E-state index in [1.54, 1.807) is 23.1 Å². The Bertz CT molecular complexity index is 453. The Hall–Kier alpha value is -1.30. The fourth-order valence-electron chi connectivity index (χ4n) is 1.89. The van der Waals surface area contributed by atoms with Crippen molar-refractivity contribution in [2.45, 2.75) is 6.10 Å². The van der Waals surface area contributed by atoms with Gasteiger partial charge < -0.3 is 20.5 Å². The SMILES string of the molecule is Nc1ccc(C(=O)N2CCOC(CO)C2)c(Cl)c1. The topological polar surface area (TPSA) is 75.8 Å². The summed E-state index contributed by atoms with van der Waals surface area (Å²) in [6.07, 6.45) is -0.324. The summed E-state index contributed by atoms with van der Waals surface area (Å²) in [7, 11) is 0. The van der Waals surface area contributed by atoms with Gasteiger partial charge >= 0.3 is 0 Å². The number of hydrogen-bond donors (Lipinski definition) is 2. The number of halogens is 1. The van der Waals surface area contributed by atoms with Crippen LogP contribution in [-0.4, -0.2) is 48.3 Å². The molecule has 1 atom stereocenters. The molecule has 0 saturated carbocycles. The van der Waals surface area contributed by atoms with E-state index in [1.165, 1.54) is 0 Å². The van der Waals surface area contributed by atoms with Crippen molar-refractivity contribution in [1.82, 2.24) is 4.90 Å². The summed E-state index contributed by atoms with van der Waals surface area (Å²) >= 11 is 6.01. The smallest absolute Gasteiger partial charge is 0.255 e. The molecule has 0 bridgehead atoms. The van der Waals surface area contributed by atoms with Crippen molar-refractivity contribution in [1.29, 1.82) is 0 Å². The van der Waals surface area contributed by atoms with E-state index in [0.29, 0.717) is 36.0 Å². The van der Waals surface area contributed by atoms with E-state index in [4.69, 9.17) is 27.2 Å². The highest BCUT2D eigenvalue weighted by Gasteiger charge is 2.25. The molecule has 1 amide bonds. The number of nitrogens with two attached hydrogens (primary N) is 1. The zero-order valence-electron chi connectivity index (χ0n) is 9.80. The molecule has 5 nitrogen and oxygen atoms in total. The second-order valence-corrected chi connectivity index (χ2v) is 4.57. The number of nitrogens with zero attached hydrogens (tertiary/aromatic N) is 1. The Morgan fingerprint density at radius 3 is 3.06 bits per heavy atom. The highest BCUT2D eigenvalue weighted by atomic mass is 35.5. The number of nitrogen functional groups attached to an aromatic ring is 1. The van der Waals surface area contributed by atoms with E-state index in [0.717, 1.165) is 0 Å². The maximum Gasteiger partial charge on any atom is 0.255 e. The fraction of sp³-hybridized carbons (Fsp3) is 0.417. The zero-order chi connectivity index (χ0) is 13.1. The van der Waals surface area contributed by atoms with Crippen molar-refractivity contribution in [3.63, 3.8) is 0 Å². The van der Waals surface area contributed by atoms with Crippen LogP contribution in [0.15, 0.2) is 18.2 Å². The quantitative estimate of drug-likeness (QED) is 0.778. The van der Waals surface area contributed by atoms with E-state index in [1.807, 2.05) is 0 Å². The van der Waals surface area contributed by atoms with Crippen molar-refractivity contribution in [3.8, 4) is 0 Å². The Kier molecular flexibility index (Phi) is 4.06. The number of benzene rings is 1. The van der Waals surface area contributed by atoms with Crippen LogP contribution in [0.5, 0.6) is 0 Å². The molecule has 1 fully saturated rings. The predicted octanol–water partition coefficient (Wildman–Crippen LogP) is 0.756. The van der Waals surface area contributed by atoms with E-state index >= 15 is 0 Å². The number of anilines is 1. The maximum atomic E-state index is 12.3. The van der Waals surface area contributed by atoms with Gasteiger partial charge in [0.05, 0.1) is 29.9 Å². The number of carbonyl (C=O) groups is 1. The third kappa shape index (κ3) is 2.75. The zero-order valence-corrected chi connectivity index (χ0v) is 10.6. The average molecular weight is 271 g/mol. The van der Waals surface area contributed by atoms with Crippen LogP contribution in [0.4, 0.5) is 5.69 Å². The average Bonchev–Trinajstić information content (AvgIpc) is 2.38. The number of morpholine rings is 1. The molecule has 1 saturated heterocycles. The predicted molar refractivity (Wildman–Crippen MR) is 68.6 cm³/mol. The largest absolute Gasteiger partial charge is 0.399 e. The van der Waals surface area contributed by atoms with Gasteiger partial charge in [-0.15, -0.1) is 0 Å². The molecule has 18 heavy (non-hydrogen) atoms. The first-order valence-corrected chi connectivity index (χ1v) is 6.06. The third-order valence-electron chi connectivity index (χ3n) is 2.85. The number of amides is 1. The molecule has 98 valence electrons. The normalized spacial score (nSPS) is 19.9. The minimum atomic E-state index is -0.324. The van der Waals surface area contributed by atoms with Crippen LogP contribution in [0, 0.1) is 0 Å². The van der Waals surface area contributed by atoms with Gasteiger partial charge in [-0.2, -0.15) is 0 Å². The Balaban J connectivity index is 2.15. The van der Waals surface area contributed by atoms with E-state index < -0.39 is 0 Å².